The molecule has 1 fully saturated rings. The molecule has 0 aromatic heterocycles. The molecule has 1 heterocycles. The van der Waals surface area contributed by atoms with Crippen LogP contribution in [-0.4, -0.2) is 35.8 Å². The predicted octanol–water partition coefficient (Wildman–Crippen LogP) is 2.62. The Morgan fingerprint density at radius 2 is 2.04 bits per heavy atom. The molecule has 2 aliphatic rings. The molecule has 1 aromatic rings. The average molecular weight is 314 g/mol. The zero-order chi connectivity index (χ0) is 16.2. The normalized spacial score (nSPS) is 23.4. The van der Waals surface area contributed by atoms with Gasteiger partial charge < -0.3 is 10.2 Å². The third-order valence-corrected chi connectivity index (χ3v) is 5.24. The maximum absolute atomic E-state index is 12.4. The van der Waals surface area contributed by atoms with Gasteiger partial charge in [-0.25, -0.2) is 0 Å². The van der Waals surface area contributed by atoms with Crippen LogP contribution in [0.15, 0.2) is 24.3 Å². The first-order valence-electron chi connectivity index (χ1n) is 8.77. The van der Waals surface area contributed by atoms with E-state index in [-0.39, 0.29) is 18.4 Å². The molecule has 0 saturated carbocycles. The minimum absolute atomic E-state index is 0.0618. The predicted molar refractivity (Wildman–Crippen MR) is 90.2 cm³/mol. The van der Waals surface area contributed by atoms with Gasteiger partial charge in [0.15, 0.2) is 0 Å². The van der Waals surface area contributed by atoms with Crippen molar-refractivity contribution in [3.63, 3.8) is 0 Å². The lowest BCUT2D eigenvalue weighted by Gasteiger charge is -2.31. The molecular formula is C19H26N2O2. The number of aryl methyl sites for hydroxylation is 1. The summed E-state index contributed by atoms with van der Waals surface area (Å²) in [5.74, 6) is 0.487. The van der Waals surface area contributed by atoms with E-state index in [1.807, 2.05) is 4.90 Å². The van der Waals surface area contributed by atoms with Crippen LogP contribution >= 0.6 is 0 Å². The maximum Gasteiger partial charge on any atom is 0.242 e. The largest absolute Gasteiger partial charge is 0.347 e. The van der Waals surface area contributed by atoms with Crippen molar-refractivity contribution in [2.45, 2.75) is 57.4 Å². The molecule has 124 valence electrons. The Morgan fingerprint density at radius 3 is 2.87 bits per heavy atom. The van der Waals surface area contributed by atoms with Gasteiger partial charge in [0.2, 0.25) is 11.8 Å². The SMILES string of the molecule is CC(=O)NCC(=O)N1CCC[C@H]1C[C@H]1CCCc2ccccc21. The van der Waals surface area contributed by atoms with Gasteiger partial charge in [-0.3, -0.25) is 9.59 Å². The van der Waals surface area contributed by atoms with Gasteiger partial charge in [0.25, 0.3) is 0 Å². The molecule has 1 aliphatic heterocycles. The van der Waals surface area contributed by atoms with Crippen molar-refractivity contribution in [3.05, 3.63) is 35.4 Å². The smallest absolute Gasteiger partial charge is 0.242 e. The molecule has 1 aromatic carbocycles. The molecule has 1 aliphatic carbocycles. The summed E-state index contributed by atoms with van der Waals surface area (Å²) in [4.78, 5) is 25.4. The molecule has 3 rings (SSSR count). The first kappa shape index (κ1) is 16.0. The molecule has 0 unspecified atom stereocenters. The monoisotopic (exact) mass is 314 g/mol. The molecule has 2 atom stereocenters. The maximum atomic E-state index is 12.4. The summed E-state index contributed by atoms with van der Waals surface area (Å²) in [6, 6.07) is 9.09. The topological polar surface area (TPSA) is 49.4 Å². The lowest BCUT2D eigenvalue weighted by molar-refractivity contribution is -0.133. The summed E-state index contributed by atoms with van der Waals surface area (Å²) in [6.45, 7) is 2.41. The molecular weight excluding hydrogens is 288 g/mol. The van der Waals surface area contributed by atoms with Gasteiger partial charge in [-0.1, -0.05) is 24.3 Å². The number of fused-ring (bicyclic) bond motifs is 1. The summed E-state index contributed by atoms with van der Waals surface area (Å²) in [5.41, 5.74) is 2.97. The van der Waals surface area contributed by atoms with Crippen LogP contribution < -0.4 is 5.32 Å². The highest BCUT2D eigenvalue weighted by atomic mass is 16.2. The van der Waals surface area contributed by atoms with Crippen molar-refractivity contribution < 1.29 is 9.59 Å². The second-order valence-corrected chi connectivity index (χ2v) is 6.82. The molecule has 1 saturated heterocycles. The third-order valence-electron chi connectivity index (χ3n) is 5.24. The van der Waals surface area contributed by atoms with Crippen LogP contribution in [0.2, 0.25) is 0 Å². The molecule has 4 heteroatoms. The number of rotatable bonds is 4. The first-order valence-corrected chi connectivity index (χ1v) is 8.77. The van der Waals surface area contributed by atoms with Crippen LogP contribution in [0.25, 0.3) is 0 Å². The average Bonchev–Trinajstić information content (AvgIpc) is 3.01. The second-order valence-electron chi connectivity index (χ2n) is 6.82. The van der Waals surface area contributed by atoms with E-state index in [1.165, 1.54) is 37.3 Å². The van der Waals surface area contributed by atoms with Gasteiger partial charge in [0.05, 0.1) is 6.54 Å². The zero-order valence-electron chi connectivity index (χ0n) is 13.9. The third kappa shape index (κ3) is 3.74. The van der Waals surface area contributed by atoms with E-state index in [0.29, 0.717) is 12.0 Å². The summed E-state index contributed by atoms with van der Waals surface area (Å²) in [7, 11) is 0. The summed E-state index contributed by atoms with van der Waals surface area (Å²) in [6.07, 6.45) is 6.87. The quantitative estimate of drug-likeness (QED) is 0.929. The van der Waals surface area contributed by atoms with Crippen molar-refractivity contribution in [2.75, 3.05) is 13.1 Å². The van der Waals surface area contributed by atoms with Crippen LogP contribution in [0.4, 0.5) is 0 Å². The van der Waals surface area contributed by atoms with Crippen LogP contribution in [-0.2, 0) is 16.0 Å². The van der Waals surface area contributed by atoms with E-state index in [4.69, 9.17) is 0 Å². The van der Waals surface area contributed by atoms with Gasteiger partial charge in [0.1, 0.15) is 0 Å². The van der Waals surface area contributed by atoms with E-state index in [1.54, 1.807) is 0 Å². The number of hydrogen-bond acceptors (Lipinski definition) is 2. The number of nitrogens with one attached hydrogen (secondary N) is 1. The van der Waals surface area contributed by atoms with E-state index in [2.05, 4.69) is 29.6 Å². The number of nitrogens with zero attached hydrogens (tertiary/aromatic N) is 1. The molecule has 4 nitrogen and oxygen atoms in total. The number of amides is 2. The van der Waals surface area contributed by atoms with Crippen molar-refractivity contribution in [1.29, 1.82) is 0 Å². The highest BCUT2D eigenvalue weighted by molar-refractivity contribution is 5.84. The van der Waals surface area contributed by atoms with Crippen LogP contribution in [0.3, 0.4) is 0 Å². The number of benzene rings is 1. The zero-order valence-corrected chi connectivity index (χ0v) is 13.9. The number of likely N-dealkylation sites (tertiary alicyclic amines) is 1. The van der Waals surface area contributed by atoms with Crippen LogP contribution in [0.5, 0.6) is 0 Å². The van der Waals surface area contributed by atoms with E-state index in [0.717, 1.165) is 25.8 Å². The van der Waals surface area contributed by atoms with Crippen molar-refractivity contribution >= 4 is 11.8 Å². The van der Waals surface area contributed by atoms with Crippen molar-refractivity contribution in [3.8, 4) is 0 Å². The molecule has 0 spiro atoms. The number of carbonyl (C=O) groups excluding carboxylic acids is 2. The highest BCUT2D eigenvalue weighted by Crippen LogP contribution is 2.37. The Bertz CT molecular complexity index is 584. The van der Waals surface area contributed by atoms with Gasteiger partial charge >= 0.3 is 0 Å². The van der Waals surface area contributed by atoms with Gasteiger partial charge in [0, 0.05) is 19.5 Å². The Hall–Kier alpha value is -1.84. The van der Waals surface area contributed by atoms with E-state index in [9.17, 15) is 9.59 Å². The molecule has 1 N–H and O–H groups in total. The minimum atomic E-state index is -0.143. The fourth-order valence-corrected chi connectivity index (χ4v) is 4.14. The van der Waals surface area contributed by atoms with Crippen molar-refractivity contribution in [2.24, 2.45) is 0 Å². The fourth-order valence-electron chi connectivity index (χ4n) is 4.14. The summed E-state index contributed by atoms with van der Waals surface area (Å²) in [5, 5.41) is 2.63. The van der Waals surface area contributed by atoms with E-state index >= 15 is 0 Å². The summed E-state index contributed by atoms with van der Waals surface area (Å²) >= 11 is 0. The van der Waals surface area contributed by atoms with E-state index < -0.39 is 0 Å². The first-order chi connectivity index (χ1) is 11.1. The standard InChI is InChI=1S/C19H26N2O2/c1-14(22)20-13-19(23)21-11-5-9-17(21)12-16-8-4-7-15-6-2-3-10-18(15)16/h2-3,6,10,16-17H,4-5,7-9,11-13H2,1H3,(H,20,22)/t16-,17+/m1/s1. The minimum Gasteiger partial charge on any atom is -0.347 e. The molecule has 2 amide bonds. The Morgan fingerprint density at radius 1 is 1.22 bits per heavy atom. The second kappa shape index (κ2) is 7.16. The number of carbonyl (C=O) groups is 2. The molecule has 23 heavy (non-hydrogen) atoms. The van der Waals surface area contributed by atoms with Gasteiger partial charge in [-0.15, -0.1) is 0 Å². The van der Waals surface area contributed by atoms with Gasteiger partial charge in [-0.2, -0.15) is 0 Å². The van der Waals surface area contributed by atoms with Crippen molar-refractivity contribution in [1.82, 2.24) is 10.2 Å². The Kier molecular flexibility index (Phi) is 4.99. The lowest BCUT2D eigenvalue weighted by Crippen LogP contribution is -2.42. The van der Waals surface area contributed by atoms with Crippen LogP contribution in [0, 0.1) is 0 Å². The summed E-state index contributed by atoms with van der Waals surface area (Å²) < 4.78 is 0. The molecule has 0 radical (unpaired) electrons. The number of hydrogen-bond donors (Lipinski definition) is 1. The Labute approximate surface area is 138 Å². The van der Waals surface area contributed by atoms with Gasteiger partial charge in [-0.05, 0) is 55.6 Å². The van der Waals surface area contributed by atoms with Crippen LogP contribution in [0.1, 0.15) is 56.1 Å². The highest BCUT2D eigenvalue weighted by Gasteiger charge is 2.32. The molecule has 0 bridgehead atoms. The fraction of sp³-hybridized carbons (Fsp3) is 0.579. The Balaban J connectivity index is 1.65. The lowest BCUT2D eigenvalue weighted by atomic mass is 9.79.